The van der Waals surface area contributed by atoms with Crippen LogP contribution >= 0.6 is 23.2 Å². The highest BCUT2D eigenvalue weighted by molar-refractivity contribution is 6.31. The van der Waals surface area contributed by atoms with Gasteiger partial charge >= 0.3 is 5.97 Å². The average molecular weight is 630 g/mol. The van der Waals surface area contributed by atoms with Gasteiger partial charge in [-0.25, -0.2) is 14.2 Å². The maximum absolute atomic E-state index is 15.9. The van der Waals surface area contributed by atoms with Gasteiger partial charge in [-0.2, -0.15) is 0 Å². The van der Waals surface area contributed by atoms with Gasteiger partial charge in [0.1, 0.15) is 22.1 Å². The number of methoxy groups -OCH3 is 2. The lowest BCUT2D eigenvalue weighted by Gasteiger charge is -2.37. The predicted octanol–water partition coefficient (Wildman–Crippen LogP) is 5.71. The summed E-state index contributed by atoms with van der Waals surface area (Å²) in [7, 11) is 2.65. The van der Waals surface area contributed by atoms with Crippen molar-refractivity contribution < 1.29 is 28.2 Å². The summed E-state index contributed by atoms with van der Waals surface area (Å²) in [5.41, 5.74) is -0.522. The molecule has 1 fully saturated rings. The smallest absolute Gasteiger partial charge is 0.337 e. The van der Waals surface area contributed by atoms with Crippen LogP contribution in [0.2, 0.25) is 10.2 Å². The number of esters is 1. The maximum atomic E-state index is 15.9. The van der Waals surface area contributed by atoms with Crippen molar-refractivity contribution in [2.24, 2.45) is 5.41 Å². The Morgan fingerprint density at radius 1 is 1.12 bits per heavy atom. The van der Waals surface area contributed by atoms with E-state index < -0.39 is 47.0 Å². The topological polar surface area (TPSA) is 119 Å². The lowest BCUT2D eigenvalue weighted by Crippen LogP contribution is -2.50. The molecule has 0 radical (unpaired) electrons. The van der Waals surface area contributed by atoms with Crippen molar-refractivity contribution in [3.8, 4) is 5.75 Å². The first kappa shape index (κ1) is 30.7. The van der Waals surface area contributed by atoms with E-state index in [-0.39, 0.29) is 38.2 Å². The zero-order chi connectivity index (χ0) is 31.3. The van der Waals surface area contributed by atoms with Crippen LogP contribution in [-0.4, -0.2) is 49.1 Å². The number of pyridine rings is 1. The minimum Gasteiger partial charge on any atom is -0.495 e. The molecule has 0 bridgehead atoms. The Morgan fingerprint density at radius 3 is 2.53 bits per heavy atom. The Morgan fingerprint density at radius 2 is 1.86 bits per heavy atom. The number of rotatable bonds is 6. The number of halogens is 3. The fourth-order valence-corrected chi connectivity index (χ4v) is 6.54. The normalized spacial score (nSPS) is 22.7. The van der Waals surface area contributed by atoms with Crippen molar-refractivity contribution in [2.75, 3.05) is 24.9 Å². The highest BCUT2D eigenvalue weighted by Crippen LogP contribution is 2.56. The SMILES string of the molecule is COC(=O)c1ccc(NC(=O)[C@@H]2N[C@@H](CC(C)(C)C)[C@@]3(C(=O)Nc4ccc(Cl)nc43)[C@H]2c2cccc(Cl)c2F)c(OC)c1. The zero-order valence-electron chi connectivity index (χ0n) is 24.2. The zero-order valence-corrected chi connectivity index (χ0v) is 25.7. The number of anilines is 2. The second-order valence-corrected chi connectivity index (χ2v) is 12.6. The molecule has 3 aromatic rings. The standard InChI is InChI=1S/C31H31Cl2FN4O5/c1-30(2,3)14-21-31(26-19(36-29(31)41)11-12-22(33)38-26)23(16-7-6-8-17(32)24(16)34)25(37-21)27(39)35-18-10-9-15(28(40)43-5)13-20(18)42-4/h6-13,21,23,25,37H,14H2,1-5H3,(H,35,39)(H,36,41)/t21-,23-,25+,31+/m0/s1. The maximum Gasteiger partial charge on any atom is 0.337 e. The van der Waals surface area contributed by atoms with Crippen molar-refractivity contribution >= 4 is 52.4 Å². The summed E-state index contributed by atoms with van der Waals surface area (Å²) in [6, 6.07) is 10.3. The van der Waals surface area contributed by atoms with Crippen LogP contribution in [0.3, 0.4) is 0 Å². The molecule has 0 unspecified atom stereocenters. The molecule has 2 aromatic carbocycles. The Labute approximate surface area is 258 Å². The van der Waals surface area contributed by atoms with E-state index in [9.17, 15) is 14.4 Å². The van der Waals surface area contributed by atoms with Gasteiger partial charge in [0.2, 0.25) is 11.8 Å². The third-order valence-electron chi connectivity index (χ3n) is 7.93. The number of carbonyl (C=O) groups excluding carboxylic acids is 3. The number of nitrogens with one attached hydrogen (secondary N) is 3. The molecule has 12 heteroatoms. The van der Waals surface area contributed by atoms with Crippen LogP contribution in [0.4, 0.5) is 15.8 Å². The Hall–Kier alpha value is -3.73. The predicted molar refractivity (Wildman–Crippen MR) is 161 cm³/mol. The van der Waals surface area contributed by atoms with E-state index in [1.54, 1.807) is 18.2 Å². The quantitative estimate of drug-likeness (QED) is 0.236. The van der Waals surface area contributed by atoms with Crippen LogP contribution in [0.25, 0.3) is 0 Å². The monoisotopic (exact) mass is 628 g/mol. The van der Waals surface area contributed by atoms with Crippen LogP contribution < -0.4 is 20.7 Å². The molecule has 2 aliphatic heterocycles. The van der Waals surface area contributed by atoms with Crippen molar-refractivity contribution in [1.29, 1.82) is 0 Å². The highest BCUT2D eigenvalue weighted by atomic mass is 35.5. The molecule has 1 saturated heterocycles. The summed E-state index contributed by atoms with van der Waals surface area (Å²) in [4.78, 5) is 45.1. The van der Waals surface area contributed by atoms with Crippen molar-refractivity contribution in [2.45, 2.75) is 50.6 Å². The lowest BCUT2D eigenvalue weighted by atomic mass is 9.64. The molecule has 226 valence electrons. The van der Waals surface area contributed by atoms with Crippen LogP contribution in [-0.2, 0) is 19.7 Å². The molecule has 2 aliphatic rings. The average Bonchev–Trinajstić information content (AvgIpc) is 3.43. The van der Waals surface area contributed by atoms with Gasteiger partial charge < -0.3 is 25.4 Å². The van der Waals surface area contributed by atoms with Gasteiger partial charge in [0, 0.05) is 12.0 Å². The van der Waals surface area contributed by atoms with Gasteiger partial charge in [-0.1, -0.05) is 56.1 Å². The van der Waals surface area contributed by atoms with E-state index in [0.717, 1.165) is 0 Å². The number of nitrogens with zero attached hydrogens (tertiary/aromatic N) is 1. The number of benzene rings is 2. The summed E-state index contributed by atoms with van der Waals surface area (Å²) in [6.45, 7) is 6.03. The van der Waals surface area contributed by atoms with Gasteiger partial charge in [-0.15, -0.1) is 0 Å². The minimum absolute atomic E-state index is 0.0781. The summed E-state index contributed by atoms with van der Waals surface area (Å²) >= 11 is 12.6. The van der Waals surface area contributed by atoms with Crippen LogP contribution in [0.15, 0.2) is 48.5 Å². The molecule has 43 heavy (non-hydrogen) atoms. The Kier molecular flexibility index (Phi) is 8.15. The molecule has 1 aromatic heterocycles. The highest BCUT2D eigenvalue weighted by Gasteiger charge is 2.67. The first-order chi connectivity index (χ1) is 20.3. The summed E-state index contributed by atoms with van der Waals surface area (Å²) < 4.78 is 26.2. The first-order valence-electron chi connectivity index (χ1n) is 13.6. The number of carbonyl (C=O) groups is 3. The van der Waals surface area contributed by atoms with E-state index in [1.807, 2.05) is 20.8 Å². The summed E-state index contributed by atoms with van der Waals surface area (Å²) in [5.74, 6) is -3.20. The molecular weight excluding hydrogens is 598 g/mol. The fourth-order valence-electron chi connectivity index (χ4n) is 6.22. The van der Waals surface area contributed by atoms with Gasteiger partial charge in [-0.05, 0) is 53.8 Å². The van der Waals surface area contributed by atoms with Crippen molar-refractivity contribution in [1.82, 2.24) is 10.3 Å². The molecule has 4 atom stereocenters. The first-order valence-corrected chi connectivity index (χ1v) is 14.3. The van der Waals surface area contributed by atoms with Gasteiger partial charge in [0.15, 0.2) is 0 Å². The molecule has 0 aliphatic carbocycles. The van der Waals surface area contributed by atoms with Crippen LogP contribution in [0, 0.1) is 11.2 Å². The van der Waals surface area contributed by atoms with E-state index in [1.165, 1.54) is 44.6 Å². The minimum atomic E-state index is -1.53. The summed E-state index contributed by atoms with van der Waals surface area (Å²) in [6.07, 6.45) is 0.424. The third-order valence-corrected chi connectivity index (χ3v) is 8.43. The van der Waals surface area contributed by atoms with Crippen molar-refractivity contribution in [3.05, 3.63) is 81.3 Å². The third kappa shape index (κ3) is 5.32. The molecule has 0 saturated carbocycles. The van der Waals surface area contributed by atoms with Gasteiger partial charge in [0.25, 0.3) is 0 Å². The number of amides is 2. The van der Waals surface area contributed by atoms with Gasteiger partial charge in [-0.3, -0.25) is 9.59 Å². The van der Waals surface area contributed by atoms with Crippen LogP contribution in [0.5, 0.6) is 5.75 Å². The lowest BCUT2D eigenvalue weighted by molar-refractivity contribution is -0.122. The molecule has 3 heterocycles. The molecule has 1 spiro atoms. The number of ether oxygens (including phenoxy) is 2. The number of hydrogen-bond acceptors (Lipinski definition) is 7. The largest absolute Gasteiger partial charge is 0.495 e. The van der Waals surface area contributed by atoms with E-state index in [2.05, 4.69) is 20.9 Å². The second-order valence-electron chi connectivity index (χ2n) is 11.8. The summed E-state index contributed by atoms with van der Waals surface area (Å²) in [5, 5.41) is 9.14. The molecule has 3 N–H and O–H groups in total. The van der Waals surface area contributed by atoms with E-state index >= 15 is 4.39 Å². The number of aromatic nitrogens is 1. The van der Waals surface area contributed by atoms with E-state index in [0.29, 0.717) is 17.8 Å². The number of hydrogen-bond donors (Lipinski definition) is 3. The van der Waals surface area contributed by atoms with Gasteiger partial charge in [0.05, 0.1) is 47.9 Å². The fraction of sp³-hybridized carbons (Fsp3) is 0.355. The Bertz CT molecular complexity index is 1630. The molecule has 9 nitrogen and oxygen atoms in total. The second kappa shape index (κ2) is 11.4. The molecule has 5 rings (SSSR count). The Balaban J connectivity index is 1.69. The number of fused-ring (bicyclic) bond motifs is 2. The van der Waals surface area contributed by atoms with E-state index in [4.69, 9.17) is 32.7 Å². The van der Waals surface area contributed by atoms with Crippen molar-refractivity contribution in [3.63, 3.8) is 0 Å². The van der Waals surface area contributed by atoms with Crippen LogP contribution in [0.1, 0.15) is 54.7 Å². The molecule has 2 amide bonds. The molecular formula is C31H31Cl2FN4O5.